The van der Waals surface area contributed by atoms with Crippen LogP contribution in [-0.4, -0.2) is 25.7 Å². The zero-order chi connectivity index (χ0) is 9.68. The van der Waals surface area contributed by atoms with Crippen LogP contribution in [0.25, 0.3) is 0 Å². The van der Waals surface area contributed by atoms with Gasteiger partial charge in [0, 0.05) is 6.04 Å². The van der Waals surface area contributed by atoms with E-state index in [4.69, 9.17) is 0 Å². The van der Waals surface area contributed by atoms with E-state index in [-0.39, 0.29) is 0 Å². The summed E-state index contributed by atoms with van der Waals surface area (Å²) in [6.45, 7) is 10.4. The van der Waals surface area contributed by atoms with Gasteiger partial charge >= 0.3 is 0 Å². The molecule has 0 aromatic heterocycles. The van der Waals surface area contributed by atoms with Gasteiger partial charge < -0.3 is 10.6 Å². The Hall–Kier alpha value is -0.0800. The molecule has 0 aliphatic carbocycles. The first-order chi connectivity index (χ1) is 6.25. The van der Waals surface area contributed by atoms with E-state index in [1.807, 2.05) is 0 Å². The summed E-state index contributed by atoms with van der Waals surface area (Å²) in [5.74, 6) is 1.60. The van der Waals surface area contributed by atoms with Crippen molar-refractivity contribution in [2.24, 2.45) is 11.8 Å². The van der Waals surface area contributed by atoms with E-state index < -0.39 is 0 Å². The lowest BCUT2D eigenvalue weighted by Crippen LogP contribution is -2.46. The monoisotopic (exact) mass is 184 g/mol. The van der Waals surface area contributed by atoms with Crippen molar-refractivity contribution in [3.63, 3.8) is 0 Å². The molecule has 78 valence electrons. The molecule has 1 fully saturated rings. The molecular weight excluding hydrogens is 160 g/mol. The van der Waals surface area contributed by atoms with Crippen molar-refractivity contribution < 1.29 is 0 Å². The third-order valence-corrected chi connectivity index (χ3v) is 3.00. The lowest BCUT2D eigenvalue weighted by Gasteiger charge is -2.33. The van der Waals surface area contributed by atoms with Crippen LogP contribution in [-0.2, 0) is 0 Å². The zero-order valence-corrected chi connectivity index (χ0v) is 9.27. The fourth-order valence-electron chi connectivity index (χ4n) is 2.37. The van der Waals surface area contributed by atoms with Crippen molar-refractivity contribution in [1.82, 2.24) is 10.6 Å². The van der Waals surface area contributed by atoms with Crippen LogP contribution in [0, 0.1) is 11.8 Å². The van der Waals surface area contributed by atoms with Gasteiger partial charge in [0.1, 0.15) is 0 Å². The Balaban J connectivity index is 2.41. The number of hydrogen-bond acceptors (Lipinski definition) is 2. The molecule has 2 heteroatoms. The molecule has 13 heavy (non-hydrogen) atoms. The zero-order valence-electron chi connectivity index (χ0n) is 9.27. The lowest BCUT2D eigenvalue weighted by molar-refractivity contribution is 0.238. The molecule has 0 spiro atoms. The normalized spacial score (nSPS) is 26.3. The lowest BCUT2D eigenvalue weighted by atomic mass is 9.85. The second-order valence-corrected chi connectivity index (χ2v) is 4.43. The first-order valence-electron chi connectivity index (χ1n) is 5.69. The van der Waals surface area contributed by atoms with Crippen LogP contribution in [0.1, 0.15) is 33.6 Å². The first-order valence-corrected chi connectivity index (χ1v) is 5.69. The Morgan fingerprint density at radius 1 is 1.46 bits per heavy atom. The molecule has 2 N–H and O–H groups in total. The van der Waals surface area contributed by atoms with Gasteiger partial charge in [0.05, 0.1) is 0 Å². The van der Waals surface area contributed by atoms with Crippen LogP contribution in [0.4, 0.5) is 0 Å². The minimum Gasteiger partial charge on any atom is -0.316 e. The molecule has 2 atom stereocenters. The highest BCUT2D eigenvalue weighted by Crippen LogP contribution is 2.19. The van der Waals surface area contributed by atoms with Crippen molar-refractivity contribution in [1.29, 1.82) is 0 Å². The van der Waals surface area contributed by atoms with Gasteiger partial charge in [0.25, 0.3) is 0 Å². The summed E-state index contributed by atoms with van der Waals surface area (Å²) in [5.41, 5.74) is 0. The summed E-state index contributed by atoms with van der Waals surface area (Å²) in [7, 11) is 0. The number of nitrogens with one attached hydrogen (secondary N) is 2. The van der Waals surface area contributed by atoms with Crippen LogP contribution in [0.15, 0.2) is 0 Å². The fraction of sp³-hybridized carbons (Fsp3) is 1.00. The molecule has 0 unspecified atom stereocenters. The quantitative estimate of drug-likeness (QED) is 0.694. The first kappa shape index (κ1) is 11.0. The van der Waals surface area contributed by atoms with E-state index in [0.717, 1.165) is 18.4 Å². The predicted molar refractivity (Wildman–Crippen MR) is 57.9 cm³/mol. The maximum Gasteiger partial charge on any atom is 0.0130 e. The second-order valence-electron chi connectivity index (χ2n) is 4.43. The van der Waals surface area contributed by atoms with Crippen LogP contribution in [0.5, 0.6) is 0 Å². The summed E-state index contributed by atoms with van der Waals surface area (Å²) >= 11 is 0. The van der Waals surface area contributed by atoms with E-state index in [2.05, 4.69) is 31.4 Å². The molecular formula is C11H24N2. The highest BCUT2D eigenvalue weighted by atomic mass is 15.0. The van der Waals surface area contributed by atoms with Crippen LogP contribution >= 0.6 is 0 Å². The minimum absolute atomic E-state index is 0.706. The molecule has 1 saturated heterocycles. The van der Waals surface area contributed by atoms with E-state index in [0.29, 0.717) is 6.04 Å². The van der Waals surface area contributed by atoms with Gasteiger partial charge in [-0.25, -0.2) is 0 Å². The van der Waals surface area contributed by atoms with E-state index in [9.17, 15) is 0 Å². The van der Waals surface area contributed by atoms with E-state index in [1.165, 1.54) is 25.9 Å². The molecule has 0 radical (unpaired) electrons. The molecule has 0 bridgehead atoms. The minimum atomic E-state index is 0.706. The van der Waals surface area contributed by atoms with Crippen LogP contribution in [0.3, 0.4) is 0 Å². The van der Waals surface area contributed by atoms with Gasteiger partial charge in [0.2, 0.25) is 0 Å². The molecule has 1 heterocycles. The maximum absolute atomic E-state index is 3.61. The Bertz CT molecular complexity index is 128. The third-order valence-electron chi connectivity index (χ3n) is 3.00. The van der Waals surface area contributed by atoms with Crippen LogP contribution < -0.4 is 10.6 Å². The predicted octanol–water partition coefficient (Wildman–Crippen LogP) is 1.62. The van der Waals surface area contributed by atoms with Gasteiger partial charge in [-0.3, -0.25) is 0 Å². The largest absolute Gasteiger partial charge is 0.316 e. The third kappa shape index (κ3) is 3.28. The maximum atomic E-state index is 3.61. The molecule has 0 saturated carbocycles. The number of hydrogen-bond donors (Lipinski definition) is 2. The molecule has 1 aliphatic rings. The Labute approximate surface area is 82.5 Å². The highest BCUT2D eigenvalue weighted by Gasteiger charge is 2.24. The van der Waals surface area contributed by atoms with Gasteiger partial charge in [-0.2, -0.15) is 0 Å². The molecule has 0 amide bonds. The summed E-state index contributed by atoms with van der Waals surface area (Å²) in [6.07, 6.45) is 2.74. The van der Waals surface area contributed by atoms with E-state index >= 15 is 0 Å². The second kappa shape index (κ2) is 5.61. The van der Waals surface area contributed by atoms with Gasteiger partial charge in [0.15, 0.2) is 0 Å². The SMILES string of the molecule is CCN[C@H](C(C)C)[C@@H]1CCCNC1. The molecule has 0 aromatic rings. The summed E-state index contributed by atoms with van der Waals surface area (Å²) in [5, 5.41) is 7.10. The van der Waals surface area contributed by atoms with Gasteiger partial charge in [-0.1, -0.05) is 20.8 Å². The van der Waals surface area contributed by atoms with Crippen molar-refractivity contribution in [3.05, 3.63) is 0 Å². The van der Waals surface area contributed by atoms with Gasteiger partial charge in [-0.15, -0.1) is 0 Å². The smallest absolute Gasteiger partial charge is 0.0130 e. The number of piperidine rings is 1. The van der Waals surface area contributed by atoms with Crippen molar-refractivity contribution in [3.8, 4) is 0 Å². The van der Waals surface area contributed by atoms with Gasteiger partial charge in [-0.05, 0) is 44.3 Å². The summed E-state index contributed by atoms with van der Waals surface area (Å²) < 4.78 is 0. The van der Waals surface area contributed by atoms with Crippen molar-refractivity contribution >= 4 is 0 Å². The highest BCUT2D eigenvalue weighted by molar-refractivity contribution is 4.82. The van der Waals surface area contributed by atoms with Crippen LogP contribution in [0.2, 0.25) is 0 Å². The average Bonchev–Trinajstić information content (AvgIpc) is 2.15. The Morgan fingerprint density at radius 2 is 2.23 bits per heavy atom. The fourth-order valence-corrected chi connectivity index (χ4v) is 2.37. The van der Waals surface area contributed by atoms with E-state index in [1.54, 1.807) is 0 Å². The molecule has 1 rings (SSSR count). The standard InChI is InChI=1S/C11H24N2/c1-4-13-11(9(2)3)10-6-5-7-12-8-10/h9-13H,4-8H2,1-3H3/t10-,11-/m1/s1. The topological polar surface area (TPSA) is 24.1 Å². The van der Waals surface area contributed by atoms with Crippen molar-refractivity contribution in [2.75, 3.05) is 19.6 Å². The number of rotatable bonds is 4. The summed E-state index contributed by atoms with van der Waals surface area (Å²) in [6, 6.07) is 0.706. The average molecular weight is 184 g/mol. The Kier molecular flexibility index (Phi) is 4.74. The molecule has 2 nitrogen and oxygen atoms in total. The molecule has 0 aromatic carbocycles. The summed E-state index contributed by atoms with van der Waals surface area (Å²) in [4.78, 5) is 0. The molecule has 1 aliphatic heterocycles. The Morgan fingerprint density at radius 3 is 2.69 bits per heavy atom. The van der Waals surface area contributed by atoms with Crippen molar-refractivity contribution in [2.45, 2.75) is 39.7 Å².